The number of aromatic nitrogens is 2. The van der Waals surface area contributed by atoms with Crippen LogP contribution in [0.15, 0.2) is 72.9 Å². The first kappa shape index (κ1) is 18.1. The Hall–Kier alpha value is -3.24. The molecule has 2 aromatic carbocycles. The quantitative estimate of drug-likeness (QED) is 0.524. The minimum Gasteiger partial charge on any atom is -0.346 e. The van der Waals surface area contributed by atoms with Crippen LogP contribution in [0.2, 0.25) is 5.02 Å². The third-order valence-corrected chi connectivity index (χ3v) is 4.83. The van der Waals surface area contributed by atoms with Gasteiger partial charge in [-0.2, -0.15) is 0 Å². The van der Waals surface area contributed by atoms with Crippen molar-refractivity contribution in [2.75, 3.05) is 0 Å². The Morgan fingerprint density at radius 1 is 1.04 bits per heavy atom. The number of nitrogens with one attached hydrogen (secondary N) is 1. The number of amides is 1. The molecule has 0 spiro atoms. The molecule has 1 N–H and O–H groups in total. The largest absolute Gasteiger partial charge is 0.346 e. The molecule has 138 valence electrons. The average molecular weight is 388 g/mol. The van der Waals surface area contributed by atoms with E-state index in [1.165, 1.54) is 0 Å². The monoisotopic (exact) mass is 387 g/mol. The Bertz CT molecular complexity index is 1140. The molecule has 0 fully saturated rings. The summed E-state index contributed by atoms with van der Waals surface area (Å²) in [6, 6.07) is 20.8. The Labute approximate surface area is 168 Å². The Morgan fingerprint density at radius 2 is 1.86 bits per heavy atom. The molecule has 0 aliphatic carbocycles. The van der Waals surface area contributed by atoms with Crippen molar-refractivity contribution in [2.24, 2.45) is 0 Å². The second-order valence-electron chi connectivity index (χ2n) is 6.54. The lowest BCUT2D eigenvalue weighted by molar-refractivity contribution is 0.0952. The van der Waals surface area contributed by atoms with Gasteiger partial charge in [0.1, 0.15) is 0 Å². The van der Waals surface area contributed by atoms with E-state index in [2.05, 4.69) is 10.3 Å². The molecule has 0 atom stereocenters. The van der Waals surface area contributed by atoms with Crippen LogP contribution in [-0.2, 0) is 6.54 Å². The lowest BCUT2D eigenvalue weighted by atomic mass is 10.0. The zero-order valence-electron chi connectivity index (χ0n) is 15.3. The second-order valence-corrected chi connectivity index (χ2v) is 6.97. The molecule has 0 bridgehead atoms. The number of halogens is 1. The van der Waals surface area contributed by atoms with Gasteiger partial charge in [0.15, 0.2) is 0 Å². The summed E-state index contributed by atoms with van der Waals surface area (Å²) in [5, 5.41) is 4.46. The number of para-hydroxylation sites is 1. The second kappa shape index (κ2) is 7.79. The number of fused-ring (bicyclic) bond motifs is 1. The number of pyridine rings is 2. The molecule has 2 heterocycles. The summed E-state index contributed by atoms with van der Waals surface area (Å²) in [7, 11) is 0. The third-order valence-electron chi connectivity index (χ3n) is 4.58. The van der Waals surface area contributed by atoms with Gasteiger partial charge in [-0.05, 0) is 42.8 Å². The van der Waals surface area contributed by atoms with Crippen molar-refractivity contribution in [3.8, 4) is 11.3 Å². The van der Waals surface area contributed by atoms with Crippen molar-refractivity contribution in [1.29, 1.82) is 0 Å². The van der Waals surface area contributed by atoms with Crippen LogP contribution in [0.1, 0.15) is 21.6 Å². The predicted octanol–water partition coefficient (Wildman–Crippen LogP) is 5.19. The highest BCUT2D eigenvalue weighted by Crippen LogP contribution is 2.27. The van der Waals surface area contributed by atoms with Crippen LogP contribution in [-0.4, -0.2) is 15.9 Å². The minimum atomic E-state index is -0.154. The summed E-state index contributed by atoms with van der Waals surface area (Å²) in [5.74, 6) is -0.154. The van der Waals surface area contributed by atoms with Crippen molar-refractivity contribution in [3.63, 3.8) is 0 Å². The van der Waals surface area contributed by atoms with Crippen molar-refractivity contribution in [3.05, 3.63) is 94.8 Å². The summed E-state index contributed by atoms with van der Waals surface area (Å²) in [4.78, 5) is 22.0. The van der Waals surface area contributed by atoms with E-state index >= 15 is 0 Å². The molecule has 2 aromatic heterocycles. The summed E-state index contributed by atoms with van der Waals surface area (Å²) in [6.07, 6.45) is 1.71. The van der Waals surface area contributed by atoms with Gasteiger partial charge >= 0.3 is 0 Å². The van der Waals surface area contributed by atoms with Crippen LogP contribution in [0.3, 0.4) is 0 Å². The fourth-order valence-corrected chi connectivity index (χ4v) is 3.24. The topological polar surface area (TPSA) is 54.9 Å². The van der Waals surface area contributed by atoms with Crippen molar-refractivity contribution < 1.29 is 4.79 Å². The van der Waals surface area contributed by atoms with Crippen LogP contribution in [0, 0.1) is 6.92 Å². The van der Waals surface area contributed by atoms with Crippen LogP contribution in [0.4, 0.5) is 0 Å². The van der Waals surface area contributed by atoms with Crippen LogP contribution in [0.25, 0.3) is 22.2 Å². The van der Waals surface area contributed by atoms with Crippen LogP contribution in [0.5, 0.6) is 0 Å². The van der Waals surface area contributed by atoms with Gasteiger partial charge in [-0.1, -0.05) is 48.0 Å². The van der Waals surface area contributed by atoms with E-state index in [0.717, 1.165) is 33.4 Å². The minimum absolute atomic E-state index is 0.154. The molecule has 0 aliphatic heterocycles. The van der Waals surface area contributed by atoms with Gasteiger partial charge in [-0.15, -0.1) is 0 Å². The maximum Gasteiger partial charge on any atom is 0.252 e. The van der Waals surface area contributed by atoms with Gasteiger partial charge in [-0.25, -0.2) is 4.98 Å². The SMILES string of the molecule is Cc1cccc2c(C(=O)NCc3ccccn3)cc(-c3ccc(Cl)cc3)nc12. The Balaban J connectivity index is 1.76. The van der Waals surface area contributed by atoms with Gasteiger partial charge in [0.2, 0.25) is 0 Å². The number of aryl methyl sites for hydroxylation is 1. The Morgan fingerprint density at radius 3 is 2.61 bits per heavy atom. The molecule has 1 amide bonds. The van der Waals surface area contributed by atoms with Gasteiger partial charge in [-0.3, -0.25) is 9.78 Å². The maximum absolute atomic E-state index is 13.0. The number of nitrogens with zero attached hydrogens (tertiary/aromatic N) is 2. The van der Waals surface area contributed by atoms with E-state index in [0.29, 0.717) is 17.1 Å². The molecule has 4 aromatic rings. The number of hydrogen-bond acceptors (Lipinski definition) is 3. The number of hydrogen-bond donors (Lipinski definition) is 1. The Kier molecular flexibility index (Phi) is 5.04. The highest BCUT2D eigenvalue weighted by molar-refractivity contribution is 6.30. The molecule has 0 saturated heterocycles. The first-order valence-corrected chi connectivity index (χ1v) is 9.34. The summed E-state index contributed by atoms with van der Waals surface area (Å²) >= 11 is 6.01. The molecule has 4 nitrogen and oxygen atoms in total. The molecule has 0 aliphatic rings. The standard InChI is InChI=1S/C23H18ClN3O/c1-15-5-4-7-19-20(23(28)26-14-18-6-2-3-12-25-18)13-21(27-22(15)19)16-8-10-17(24)11-9-16/h2-13H,14H2,1H3,(H,26,28). The lowest BCUT2D eigenvalue weighted by Gasteiger charge is -2.12. The molecule has 0 saturated carbocycles. The van der Waals surface area contributed by atoms with Crippen molar-refractivity contribution in [2.45, 2.75) is 13.5 Å². The van der Waals surface area contributed by atoms with Crippen LogP contribution >= 0.6 is 11.6 Å². The summed E-state index contributed by atoms with van der Waals surface area (Å²) in [6.45, 7) is 2.36. The maximum atomic E-state index is 13.0. The van der Waals surface area contributed by atoms with E-state index in [-0.39, 0.29) is 5.91 Å². The number of rotatable bonds is 4. The summed E-state index contributed by atoms with van der Waals surface area (Å²) in [5.41, 5.74) is 4.89. The summed E-state index contributed by atoms with van der Waals surface area (Å²) < 4.78 is 0. The van der Waals surface area contributed by atoms with Crippen molar-refractivity contribution >= 4 is 28.4 Å². The fourth-order valence-electron chi connectivity index (χ4n) is 3.12. The number of carbonyl (C=O) groups is 1. The highest BCUT2D eigenvalue weighted by atomic mass is 35.5. The fraction of sp³-hybridized carbons (Fsp3) is 0.0870. The molecular formula is C23H18ClN3O. The molecule has 4 rings (SSSR count). The van der Waals surface area contributed by atoms with Crippen molar-refractivity contribution in [1.82, 2.24) is 15.3 Å². The first-order chi connectivity index (χ1) is 13.6. The number of carbonyl (C=O) groups excluding carboxylic acids is 1. The molecule has 5 heteroatoms. The predicted molar refractivity (Wildman–Crippen MR) is 112 cm³/mol. The third kappa shape index (κ3) is 3.73. The molecule has 0 unspecified atom stereocenters. The smallest absolute Gasteiger partial charge is 0.252 e. The highest BCUT2D eigenvalue weighted by Gasteiger charge is 2.15. The number of benzene rings is 2. The zero-order valence-corrected chi connectivity index (χ0v) is 16.1. The van der Waals surface area contributed by atoms with Crippen LogP contribution < -0.4 is 5.32 Å². The van der Waals surface area contributed by atoms with E-state index in [9.17, 15) is 4.79 Å². The van der Waals surface area contributed by atoms with E-state index < -0.39 is 0 Å². The first-order valence-electron chi connectivity index (χ1n) is 8.96. The van der Waals surface area contributed by atoms with Gasteiger partial charge in [0.25, 0.3) is 5.91 Å². The van der Waals surface area contributed by atoms with Gasteiger partial charge in [0, 0.05) is 22.2 Å². The molecule has 28 heavy (non-hydrogen) atoms. The van der Waals surface area contributed by atoms with Gasteiger partial charge in [0.05, 0.1) is 29.0 Å². The zero-order chi connectivity index (χ0) is 19.5. The molecule has 0 radical (unpaired) electrons. The average Bonchev–Trinajstić information content (AvgIpc) is 2.73. The molecular weight excluding hydrogens is 370 g/mol. The van der Waals surface area contributed by atoms with E-state index in [1.54, 1.807) is 6.20 Å². The van der Waals surface area contributed by atoms with E-state index in [4.69, 9.17) is 16.6 Å². The lowest BCUT2D eigenvalue weighted by Crippen LogP contribution is -2.23. The normalized spacial score (nSPS) is 10.8. The van der Waals surface area contributed by atoms with Gasteiger partial charge < -0.3 is 5.32 Å². The van der Waals surface area contributed by atoms with E-state index in [1.807, 2.05) is 73.7 Å².